The van der Waals surface area contributed by atoms with Crippen molar-refractivity contribution < 1.29 is 19.8 Å². The lowest BCUT2D eigenvalue weighted by molar-refractivity contribution is -0.139. The van der Waals surface area contributed by atoms with Gasteiger partial charge in [0.05, 0.1) is 6.10 Å². The molecule has 1 heterocycles. The normalized spacial score (nSPS) is 21.9. The molecule has 0 aromatic heterocycles. The lowest BCUT2D eigenvalue weighted by atomic mass is 10.2. The number of carboxylic acid groups (broad SMARTS) is 1. The fourth-order valence-electron chi connectivity index (χ4n) is 1.71. The second-order valence-electron chi connectivity index (χ2n) is 4.02. The highest BCUT2D eigenvalue weighted by Gasteiger charge is 2.27. The predicted octanol–water partition coefficient (Wildman–Crippen LogP) is 0.0159. The number of nitrogens with one attached hydrogen (secondary N) is 1. The zero-order valence-electron chi connectivity index (χ0n) is 9.35. The number of urea groups is 1. The lowest BCUT2D eigenvalue weighted by Gasteiger charge is -2.20. The molecule has 6 nitrogen and oxygen atoms in total. The number of carboxylic acids is 1. The van der Waals surface area contributed by atoms with Gasteiger partial charge < -0.3 is 20.4 Å². The highest BCUT2D eigenvalue weighted by molar-refractivity contribution is 5.82. The van der Waals surface area contributed by atoms with Gasteiger partial charge in [0.2, 0.25) is 0 Å². The van der Waals surface area contributed by atoms with E-state index in [1.807, 2.05) is 6.92 Å². The van der Waals surface area contributed by atoms with Gasteiger partial charge in [-0.25, -0.2) is 9.59 Å². The minimum absolute atomic E-state index is 0.282. The van der Waals surface area contributed by atoms with E-state index in [2.05, 4.69) is 5.32 Å². The Hall–Kier alpha value is -1.30. The van der Waals surface area contributed by atoms with Crippen LogP contribution in [-0.2, 0) is 4.79 Å². The van der Waals surface area contributed by atoms with Crippen LogP contribution in [0.25, 0.3) is 0 Å². The summed E-state index contributed by atoms with van der Waals surface area (Å²) in [7, 11) is 0. The fourth-order valence-corrected chi connectivity index (χ4v) is 1.71. The molecule has 1 rings (SSSR count). The molecule has 2 amide bonds. The molecule has 1 fully saturated rings. The zero-order valence-corrected chi connectivity index (χ0v) is 9.35. The molecule has 0 aromatic rings. The molecule has 0 aromatic carbocycles. The van der Waals surface area contributed by atoms with Crippen LogP contribution in [0.4, 0.5) is 4.79 Å². The molecule has 0 aliphatic carbocycles. The predicted molar refractivity (Wildman–Crippen MR) is 57.1 cm³/mol. The molecule has 92 valence electrons. The molecule has 1 aliphatic heterocycles. The maximum Gasteiger partial charge on any atom is 0.326 e. The third-order valence-corrected chi connectivity index (χ3v) is 2.62. The molecule has 3 N–H and O–H groups in total. The van der Waals surface area contributed by atoms with Crippen LogP contribution in [0.15, 0.2) is 0 Å². The second kappa shape index (κ2) is 5.69. The molecule has 1 aliphatic rings. The zero-order chi connectivity index (χ0) is 12.1. The van der Waals surface area contributed by atoms with Crippen LogP contribution in [0, 0.1) is 0 Å². The molecule has 0 spiro atoms. The monoisotopic (exact) mass is 230 g/mol. The summed E-state index contributed by atoms with van der Waals surface area (Å²) in [5, 5.41) is 20.6. The number of aliphatic hydroxyl groups excluding tert-OH is 1. The van der Waals surface area contributed by atoms with Gasteiger partial charge in [0.25, 0.3) is 0 Å². The average molecular weight is 230 g/mol. The highest BCUT2D eigenvalue weighted by atomic mass is 16.4. The van der Waals surface area contributed by atoms with Crippen molar-refractivity contribution in [3.8, 4) is 0 Å². The molecule has 1 unspecified atom stereocenters. The van der Waals surface area contributed by atoms with Crippen molar-refractivity contribution in [2.75, 3.05) is 13.1 Å². The van der Waals surface area contributed by atoms with Gasteiger partial charge in [0.1, 0.15) is 6.04 Å². The number of amides is 2. The first-order valence-corrected chi connectivity index (χ1v) is 5.51. The van der Waals surface area contributed by atoms with Gasteiger partial charge in [-0.2, -0.15) is 0 Å². The van der Waals surface area contributed by atoms with Gasteiger partial charge in [-0.3, -0.25) is 0 Å². The number of β-amino-alcohol motifs (C(OH)–C–C–N with tert-alkyl or cyclic N) is 1. The Morgan fingerprint density at radius 1 is 1.56 bits per heavy atom. The van der Waals surface area contributed by atoms with Crippen molar-refractivity contribution in [2.45, 2.75) is 38.3 Å². The van der Waals surface area contributed by atoms with E-state index in [1.54, 1.807) is 0 Å². The summed E-state index contributed by atoms with van der Waals surface area (Å²) in [6, 6.07) is -1.24. The summed E-state index contributed by atoms with van der Waals surface area (Å²) < 4.78 is 0. The molecule has 2 atom stereocenters. The number of hydrogen-bond acceptors (Lipinski definition) is 3. The van der Waals surface area contributed by atoms with Crippen LogP contribution >= 0.6 is 0 Å². The van der Waals surface area contributed by atoms with E-state index in [0.29, 0.717) is 25.8 Å². The van der Waals surface area contributed by atoms with Crippen molar-refractivity contribution in [1.29, 1.82) is 0 Å². The van der Waals surface area contributed by atoms with Crippen LogP contribution in [0.1, 0.15) is 26.2 Å². The van der Waals surface area contributed by atoms with E-state index >= 15 is 0 Å². The molecule has 16 heavy (non-hydrogen) atoms. The van der Waals surface area contributed by atoms with Gasteiger partial charge in [-0.05, 0) is 12.8 Å². The molecule has 0 bridgehead atoms. The standard InChI is InChI=1S/C10H18N2O4/c1-2-3-8(9(14)15)11-10(16)12-5-4-7(13)6-12/h7-8,13H,2-6H2,1H3,(H,11,16)(H,14,15)/t7?,8-/m0/s1. The number of carbonyl (C=O) groups excluding carboxylic acids is 1. The first-order chi connectivity index (χ1) is 7.54. The van der Waals surface area contributed by atoms with E-state index in [9.17, 15) is 14.7 Å². The Kier molecular flexibility index (Phi) is 4.54. The molecule has 1 saturated heterocycles. The smallest absolute Gasteiger partial charge is 0.326 e. The lowest BCUT2D eigenvalue weighted by Crippen LogP contribution is -2.47. The average Bonchev–Trinajstić information content (AvgIpc) is 2.64. The fraction of sp³-hybridized carbons (Fsp3) is 0.800. The Morgan fingerprint density at radius 3 is 2.69 bits per heavy atom. The Labute approximate surface area is 94.2 Å². The van der Waals surface area contributed by atoms with Crippen molar-refractivity contribution >= 4 is 12.0 Å². The Bertz CT molecular complexity index is 270. The molecule has 6 heteroatoms. The van der Waals surface area contributed by atoms with Crippen LogP contribution in [0.3, 0.4) is 0 Å². The molecule has 0 saturated carbocycles. The number of carbonyl (C=O) groups is 2. The van der Waals surface area contributed by atoms with Crippen molar-refractivity contribution in [1.82, 2.24) is 10.2 Å². The summed E-state index contributed by atoms with van der Waals surface area (Å²) in [5.74, 6) is -1.02. The van der Waals surface area contributed by atoms with E-state index in [0.717, 1.165) is 0 Å². The number of nitrogens with zero attached hydrogens (tertiary/aromatic N) is 1. The number of likely N-dealkylation sites (tertiary alicyclic amines) is 1. The van der Waals surface area contributed by atoms with Gasteiger partial charge in [-0.15, -0.1) is 0 Å². The molecular weight excluding hydrogens is 212 g/mol. The maximum atomic E-state index is 11.6. The maximum absolute atomic E-state index is 11.6. The SMILES string of the molecule is CCC[C@H](NC(=O)N1CCC(O)C1)C(=O)O. The van der Waals surface area contributed by atoms with E-state index in [-0.39, 0.29) is 6.54 Å². The summed E-state index contributed by atoms with van der Waals surface area (Å²) >= 11 is 0. The summed E-state index contributed by atoms with van der Waals surface area (Å²) in [4.78, 5) is 23.9. The van der Waals surface area contributed by atoms with Gasteiger partial charge in [0.15, 0.2) is 0 Å². The minimum Gasteiger partial charge on any atom is -0.480 e. The number of hydrogen-bond donors (Lipinski definition) is 3. The quantitative estimate of drug-likeness (QED) is 0.635. The topological polar surface area (TPSA) is 89.9 Å². The largest absolute Gasteiger partial charge is 0.480 e. The van der Waals surface area contributed by atoms with Crippen LogP contribution < -0.4 is 5.32 Å². The third-order valence-electron chi connectivity index (χ3n) is 2.62. The van der Waals surface area contributed by atoms with Crippen LogP contribution in [0.2, 0.25) is 0 Å². The van der Waals surface area contributed by atoms with Crippen LogP contribution in [-0.4, -0.2) is 52.3 Å². The van der Waals surface area contributed by atoms with Gasteiger partial charge in [0, 0.05) is 13.1 Å². The summed E-state index contributed by atoms with van der Waals surface area (Å²) in [6.45, 7) is 2.62. The van der Waals surface area contributed by atoms with Gasteiger partial charge >= 0.3 is 12.0 Å². The number of rotatable bonds is 4. The Morgan fingerprint density at radius 2 is 2.25 bits per heavy atom. The van der Waals surface area contributed by atoms with Crippen LogP contribution in [0.5, 0.6) is 0 Å². The molecule has 0 radical (unpaired) electrons. The number of aliphatic carboxylic acids is 1. The minimum atomic E-state index is -1.02. The summed E-state index contributed by atoms with van der Waals surface area (Å²) in [5.41, 5.74) is 0. The first kappa shape index (κ1) is 12.8. The van der Waals surface area contributed by atoms with Gasteiger partial charge in [-0.1, -0.05) is 13.3 Å². The number of aliphatic hydroxyl groups is 1. The van der Waals surface area contributed by atoms with E-state index in [4.69, 9.17) is 5.11 Å². The molecular formula is C10H18N2O4. The Balaban J connectivity index is 2.45. The highest BCUT2D eigenvalue weighted by Crippen LogP contribution is 2.09. The third kappa shape index (κ3) is 3.37. The van der Waals surface area contributed by atoms with Crippen molar-refractivity contribution in [2.24, 2.45) is 0 Å². The van der Waals surface area contributed by atoms with Crippen molar-refractivity contribution in [3.05, 3.63) is 0 Å². The van der Waals surface area contributed by atoms with E-state index in [1.165, 1.54) is 4.90 Å². The second-order valence-corrected chi connectivity index (χ2v) is 4.02. The van der Waals surface area contributed by atoms with E-state index < -0.39 is 24.1 Å². The summed E-state index contributed by atoms with van der Waals surface area (Å²) in [6.07, 6.45) is 1.18. The first-order valence-electron chi connectivity index (χ1n) is 5.51. The van der Waals surface area contributed by atoms with Crippen molar-refractivity contribution in [3.63, 3.8) is 0 Å².